The van der Waals surface area contributed by atoms with Gasteiger partial charge in [-0.1, -0.05) is 6.07 Å². The summed E-state index contributed by atoms with van der Waals surface area (Å²) in [6, 6.07) is 8.66. The third kappa shape index (κ3) is 2.11. The van der Waals surface area contributed by atoms with Crippen molar-refractivity contribution in [2.45, 2.75) is 0 Å². The Morgan fingerprint density at radius 1 is 1.26 bits per heavy atom. The first-order chi connectivity index (χ1) is 9.24. The standard InChI is InChI=1S/C13H9N3O3/c17-13(18)10-8-15-11-7-9(4-6-16(10)11)19-12-3-1-2-5-14-12/h1-8H,(H,17,18). The van der Waals surface area contributed by atoms with E-state index in [1.54, 1.807) is 36.7 Å². The van der Waals surface area contributed by atoms with Crippen molar-refractivity contribution in [1.29, 1.82) is 0 Å². The number of fused-ring (bicyclic) bond motifs is 1. The number of carboxylic acids is 1. The van der Waals surface area contributed by atoms with Gasteiger partial charge in [-0.3, -0.25) is 4.40 Å². The topological polar surface area (TPSA) is 76.7 Å². The minimum absolute atomic E-state index is 0.111. The van der Waals surface area contributed by atoms with Crippen molar-refractivity contribution >= 4 is 11.6 Å². The van der Waals surface area contributed by atoms with E-state index in [0.29, 0.717) is 17.3 Å². The van der Waals surface area contributed by atoms with Crippen molar-refractivity contribution in [1.82, 2.24) is 14.4 Å². The summed E-state index contributed by atoms with van der Waals surface area (Å²) in [6.07, 6.45) is 4.54. The molecule has 1 N–H and O–H groups in total. The number of nitrogens with zero attached hydrogens (tertiary/aromatic N) is 3. The predicted octanol–water partition coefficient (Wildman–Crippen LogP) is 2.22. The van der Waals surface area contributed by atoms with Gasteiger partial charge in [0.25, 0.3) is 0 Å². The van der Waals surface area contributed by atoms with E-state index in [9.17, 15) is 4.79 Å². The maximum Gasteiger partial charge on any atom is 0.354 e. The molecule has 0 bridgehead atoms. The quantitative estimate of drug-likeness (QED) is 0.776. The molecule has 0 amide bonds. The molecule has 0 aliphatic carbocycles. The first kappa shape index (κ1) is 11.2. The third-order valence-corrected chi connectivity index (χ3v) is 2.56. The molecule has 0 fully saturated rings. The molecular weight excluding hydrogens is 246 g/mol. The van der Waals surface area contributed by atoms with Crippen LogP contribution in [0.3, 0.4) is 0 Å². The largest absolute Gasteiger partial charge is 0.477 e. The van der Waals surface area contributed by atoms with E-state index >= 15 is 0 Å². The van der Waals surface area contributed by atoms with Gasteiger partial charge in [0.2, 0.25) is 5.88 Å². The zero-order chi connectivity index (χ0) is 13.2. The van der Waals surface area contributed by atoms with Gasteiger partial charge in [0.05, 0.1) is 6.20 Å². The van der Waals surface area contributed by atoms with Crippen molar-refractivity contribution in [3.8, 4) is 11.6 Å². The molecule has 3 heterocycles. The van der Waals surface area contributed by atoms with Gasteiger partial charge in [-0.05, 0) is 12.1 Å². The summed E-state index contributed by atoms with van der Waals surface area (Å²) in [5.41, 5.74) is 0.616. The Bertz CT molecular complexity index is 737. The van der Waals surface area contributed by atoms with Crippen molar-refractivity contribution in [2.24, 2.45) is 0 Å². The molecule has 0 spiro atoms. The molecule has 3 rings (SSSR count). The van der Waals surface area contributed by atoms with E-state index in [-0.39, 0.29) is 5.69 Å². The van der Waals surface area contributed by atoms with Crippen molar-refractivity contribution in [2.75, 3.05) is 0 Å². The maximum atomic E-state index is 10.9. The lowest BCUT2D eigenvalue weighted by atomic mass is 10.4. The maximum absolute atomic E-state index is 10.9. The number of rotatable bonds is 3. The minimum Gasteiger partial charge on any atom is -0.477 e. The Kier molecular flexibility index (Phi) is 2.60. The molecular formula is C13H9N3O3. The highest BCUT2D eigenvalue weighted by molar-refractivity contribution is 5.86. The van der Waals surface area contributed by atoms with Gasteiger partial charge >= 0.3 is 5.97 Å². The number of hydrogen-bond donors (Lipinski definition) is 1. The summed E-state index contributed by atoms with van der Waals surface area (Å²) in [5, 5.41) is 8.97. The van der Waals surface area contributed by atoms with Crippen LogP contribution >= 0.6 is 0 Å². The molecule has 6 heteroatoms. The van der Waals surface area contributed by atoms with E-state index < -0.39 is 5.97 Å². The molecule has 3 aromatic rings. The van der Waals surface area contributed by atoms with E-state index in [2.05, 4.69) is 9.97 Å². The van der Waals surface area contributed by atoms with Crippen molar-refractivity contribution < 1.29 is 14.6 Å². The number of carboxylic acid groups (broad SMARTS) is 1. The van der Waals surface area contributed by atoms with E-state index in [4.69, 9.17) is 9.84 Å². The molecule has 0 aliphatic heterocycles. The smallest absolute Gasteiger partial charge is 0.354 e. The van der Waals surface area contributed by atoms with Gasteiger partial charge in [-0.15, -0.1) is 0 Å². The van der Waals surface area contributed by atoms with Gasteiger partial charge in [0.15, 0.2) is 5.69 Å². The van der Waals surface area contributed by atoms with Crippen molar-refractivity contribution in [3.63, 3.8) is 0 Å². The molecule has 6 nitrogen and oxygen atoms in total. The Hall–Kier alpha value is -2.89. The fourth-order valence-corrected chi connectivity index (χ4v) is 1.71. The molecule has 3 aromatic heterocycles. The fraction of sp³-hybridized carbons (Fsp3) is 0. The summed E-state index contributed by atoms with van der Waals surface area (Å²) in [7, 11) is 0. The average molecular weight is 255 g/mol. The van der Waals surface area contributed by atoms with E-state index in [0.717, 1.165) is 0 Å². The first-order valence-corrected chi connectivity index (χ1v) is 5.53. The van der Waals surface area contributed by atoms with Crippen LogP contribution in [-0.2, 0) is 0 Å². The van der Waals surface area contributed by atoms with E-state index in [1.165, 1.54) is 10.6 Å². The monoisotopic (exact) mass is 255 g/mol. The minimum atomic E-state index is -1.02. The van der Waals surface area contributed by atoms with Gasteiger partial charge in [-0.25, -0.2) is 14.8 Å². The number of pyridine rings is 2. The van der Waals surface area contributed by atoms with Crippen LogP contribution in [0.15, 0.2) is 48.9 Å². The van der Waals surface area contributed by atoms with Gasteiger partial charge in [0.1, 0.15) is 11.4 Å². The SMILES string of the molecule is O=C(O)c1cnc2cc(Oc3ccccn3)ccn12. The second-order valence-electron chi connectivity index (χ2n) is 3.81. The molecule has 94 valence electrons. The van der Waals surface area contributed by atoms with Crippen LogP contribution in [0.4, 0.5) is 0 Å². The molecule has 0 radical (unpaired) electrons. The number of hydrogen-bond acceptors (Lipinski definition) is 4. The number of ether oxygens (including phenoxy) is 1. The van der Waals surface area contributed by atoms with Crippen LogP contribution in [0.5, 0.6) is 11.6 Å². The molecule has 0 aliphatic rings. The van der Waals surface area contributed by atoms with E-state index in [1.807, 2.05) is 6.07 Å². The van der Waals surface area contributed by atoms with Gasteiger partial charge in [0, 0.05) is 24.5 Å². The van der Waals surface area contributed by atoms with Gasteiger partial charge in [-0.2, -0.15) is 0 Å². The zero-order valence-electron chi connectivity index (χ0n) is 9.72. The lowest BCUT2D eigenvalue weighted by molar-refractivity contribution is 0.0689. The second-order valence-corrected chi connectivity index (χ2v) is 3.81. The molecule has 0 aromatic carbocycles. The Balaban J connectivity index is 1.97. The molecule has 0 saturated carbocycles. The van der Waals surface area contributed by atoms with Crippen molar-refractivity contribution in [3.05, 3.63) is 54.6 Å². The fourth-order valence-electron chi connectivity index (χ4n) is 1.71. The van der Waals surface area contributed by atoms with Crippen LogP contribution in [0.2, 0.25) is 0 Å². The van der Waals surface area contributed by atoms with Crippen LogP contribution in [0, 0.1) is 0 Å². The molecule has 19 heavy (non-hydrogen) atoms. The first-order valence-electron chi connectivity index (χ1n) is 5.53. The molecule has 0 atom stereocenters. The summed E-state index contributed by atoms with van der Waals surface area (Å²) in [4.78, 5) is 19.0. The number of aromatic carboxylic acids is 1. The Morgan fingerprint density at radius 3 is 2.89 bits per heavy atom. The summed E-state index contributed by atoms with van der Waals surface area (Å²) < 4.78 is 7.02. The highest BCUT2D eigenvalue weighted by atomic mass is 16.5. The number of imidazole rings is 1. The average Bonchev–Trinajstić information content (AvgIpc) is 2.83. The summed E-state index contributed by atoms with van der Waals surface area (Å²) in [5.74, 6) is -0.00324. The predicted molar refractivity (Wildman–Crippen MR) is 66.5 cm³/mol. The van der Waals surface area contributed by atoms with Crippen LogP contribution in [0.25, 0.3) is 5.65 Å². The highest BCUT2D eigenvalue weighted by Crippen LogP contribution is 2.20. The normalized spacial score (nSPS) is 10.5. The van der Waals surface area contributed by atoms with Gasteiger partial charge < -0.3 is 9.84 Å². The summed E-state index contributed by atoms with van der Waals surface area (Å²) >= 11 is 0. The number of carbonyl (C=O) groups is 1. The van der Waals surface area contributed by atoms with Crippen LogP contribution in [-0.4, -0.2) is 25.4 Å². The Morgan fingerprint density at radius 2 is 2.16 bits per heavy atom. The Labute approximate surface area is 107 Å². The highest BCUT2D eigenvalue weighted by Gasteiger charge is 2.10. The second kappa shape index (κ2) is 4.41. The molecule has 0 unspecified atom stereocenters. The lowest BCUT2D eigenvalue weighted by Gasteiger charge is -2.04. The lowest BCUT2D eigenvalue weighted by Crippen LogP contribution is -2.01. The zero-order valence-corrected chi connectivity index (χ0v) is 9.72. The number of aromatic nitrogens is 3. The molecule has 0 saturated heterocycles. The van der Waals surface area contributed by atoms with Crippen LogP contribution in [0.1, 0.15) is 10.5 Å². The third-order valence-electron chi connectivity index (χ3n) is 2.56. The summed E-state index contributed by atoms with van der Waals surface area (Å²) in [6.45, 7) is 0. The van der Waals surface area contributed by atoms with Crippen LogP contribution < -0.4 is 4.74 Å².